The highest BCUT2D eigenvalue weighted by Gasteiger charge is 2.17. The molecule has 8 heteroatoms. The summed E-state index contributed by atoms with van der Waals surface area (Å²) in [4.78, 5) is 7.18. The molecule has 3 aromatic rings. The third-order valence-electron chi connectivity index (χ3n) is 5.27. The Morgan fingerprint density at radius 1 is 1.19 bits per heavy atom. The quantitative estimate of drug-likeness (QED) is 0.492. The zero-order chi connectivity index (χ0) is 22.6. The number of aromatic nitrogens is 3. The van der Waals surface area contributed by atoms with E-state index in [1.165, 1.54) is 18.4 Å². The van der Waals surface area contributed by atoms with Crippen molar-refractivity contribution in [1.29, 1.82) is 0 Å². The van der Waals surface area contributed by atoms with E-state index in [4.69, 9.17) is 4.98 Å². The van der Waals surface area contributed by atoms with Crippen LogP contribution in [0.3, 0.4) is 0 Å². The highest BCUT2D eigenvalue weighted by atomic mass is 32.2. The third-order valence-corrected chi connectivity index (χ3v) is 6.56. The Morgan fingerprint density at radius 2 is 1.97 bits per heavy atom. The largest absolute Gasteiger partial charge is 0.302 e. The van der Waals surface area contributed by atoms with E-state index in [-0.39, 0.29) is 11.8 Å². The molecule has 31 heavy (non-hydrogen) atoms. The fourth-order valence-corrected chi connectivity index (χ4v) is 4.16. The minimum absolute atomic E-state index is 0.00401. The van der Waals surface area contributed by atoms with Crippen molar-refractivity contribution in [2.24, 2.45) is 0 Å². The zero-order valence-corrected chi connectivity index (χ0v) is 19.9. The molecule has 0 bridgehead atoms. The number of pyridine rings is 1. The van der Waals surface area contributed by atoms with Crippen molar-refractivity contribution in [2.75, 3.05) is 24.1 Å². The summed E-state index contributed by atoms with van der Waals surface area (Å²) in [7, 11) is -1.30. The van der Waals surface area contributed by atoms with Crippen LogP contribution in [-0.4, -0.2) is 47.4 Å². The Balaban J connectivity index is 2.05. The Morgan fingerprint density at radius 3 is 2.65 bits per heavy atom. The van der Waals surface area contributed by atoms with Gasteiger partial charge in [0, 0.05) is 18.2 Å². The van der Waals surface area contributed by atoms with Crippen molar-refractivity contribution in [3.05, 3.63) is 42.1 Å². The van der Waals surface area contributed by atoms with Crippen LogP contribution in [0.2, 0.25) is 0 Å². The summed E-state index contributed by atoms with van der Waals surface area (Å²) >= 11 is 0. The van der Waals surface area contributed by atoms with Gasteiger partial charge in [0.1, 0.15) is 0 Å². The van der Waals surface area contributed by atoms with E-state index in [2.05, 4.69) is 40.8 Å². The lowest BCUT2D eigenvalue weighted by atomic mass is 10.1. The van der Waals surface area contributed by atoms with E-state index >= 15 is 0 Å². The molecule has 0 saturated carbocycles. The maximum absolute atomic E-state index is 12.3. The molecule has 0 spiro atoms. The van der Waals surface area contributed by atoms with Crippen LogP contribution < -0.4 is 4.72 Å². The molecule has 2 aromatic heterocycles. The van der Waals surface area contributed by atoms with Gasteiger partial charge in [-0.15, -0.1) is 0 Å². The van der Waals surface area contributed by atoms with E-state index in [1.807, 2.05) is 36.7 Å². The first-order valence-corrected chi connectivity index (χ1v) is 12.6. The van der Waals surface area contributed by atoms with E-state index in [1.54, 1.807) is 13.1 Å². The number of unbranched alkanes of at least 4 members (excludes halogenated alkanes) is 1. The Kier molecular flexibility index (Phi) is 7.33. The summed E-state index contributed by atoms with van der Waals surface area (Å²) in [5.41, 5.74) is 4.07. The molecule has 3 rings (SSSR count). The van der Waals surface area contributed by atoms with Gasteiger partial charge in [-0.25, -0.2) is 18.1 Å². The molecule has 1 N–H and O–H groups in total. The second-order valence-electron chi connectivity index (χ2n) is 8.27. The Bertz CT molecular complexity index is 1140. The van der Waals surface area contributed by atoms with E-state index in [9.17, 15) is 8.42 Å². The number of sulfonamides is 1. The summed E-state index contributed by atoms with van der Waals surface area (Å²) in [5, 5.41) is 5.14. The lowest BCUT2D eigenvalue weighted by Gasteiger charge is -2.17. The second kappa shape index (κ2) is 9.78. The number of fused-ring (bicyclic) bond motifs is 1. The molecular formula is C23H33N5O2S. The standard InChI is InChI=1S/C23H33N5O2S/c1-6-8-12-27(5)16-18-10-9-11-19(13-18)21-14-22(26-31(29,30)7-2)20-15-24-28(17(3)4)23(20)25-21/h9-11,13-15,17H,6-8,12,16H2,1-5H3,(H,25,26). The van der Waals surface area contributed by atoms with Crippen molar-refractivity contribution >= 4 is 26.7 Å². The van der Waals surface area contributed by atoms with Gasteiger partial charge in [-0.3, -0.25) is 4.72 Å². The van der Waals surface area contributed by atoms with Gasteiger partial charge in [-0.05, 0) is 58.5 Å². The van der Waals surface area contributed by atoms with Gasteiger partial charge in [0.25, 0.3) is 0 Å². The molecule has 2 heterocycles. The van der Waals surface area contributed by atoms with Crippen molar-refractivity contribution in [2.45, 2.75) is 53.1 Å². The molecule has 0 aliphatic carbocycles. The minimum atomic E-state index is -3.43. The maximum atomic E-state index is 12.3. The molecule has 0 radical (unpaired) electrons. The van der Waals surface area contributed by atoms with Gasteiger partial charge in [0.05, 0.1) is 28.7 Å². The van der Waals surface area contributed by atoms with Gasteiger partial charge >= 0.3 is 0 Å². The number of anilines is 1. The van der Waals surface area contributed by atoms with Crippen molar-refractivity contribution in [3.63, 3.8) is 0 Å². The number of rotatable bonds is 10. The monoisotopic (exact) mass is 443 g/mol. The molecule has 1 aromatic carbocycles. The van der Waals surface area contributed by atoms with E-state index in [0.29, 0.717) is 16.7 Å². The number of nitrogens with one attached hydrogen (secondary N) is 1. The first-order valence-electron chi connectivity index (χ1n) is 10.9. The van der Waals surface area contributed by atoms with Crippen LogP contribution in [0.25, 0.3) is 22.3 Å². The normalized spacial score (nSPS) is 12.2. The summed E-state index contributed by atoms with van der Waals surface area (Å²) in [6.45, 7) is 9.80. The molecule has 0 amide bonds. The van der Waals surface area contributed by atoms with Gasteiger partial charge < -0.3 is 4.90 Å². The van der Waals surface area contributed by atoms with Crippen LogP contribution in [0.1, 0.15) is 52.1 Å². The zero-order valence-electron chi connectivity index (χ0n) is 19.1. The van der Waals surface area contributed by atoms with Crippen LogP contribution in [-0.2, 0) is 16.6 Å². The average Bonchev–Trinajstić information content (AvgIpc) is 3.17. The first-order chi connectivity index (χ1) is 14.7. The molecule has 0 aliphatic heterocycles. The van der Waals surface area contributed by atoms with E-state index < -0.39 is 10.0 Å². The Hall–Kier alpha value is -2.45. The smallest absolute Gasteiger partial charge is 0.232 e. The molecule has 0 unspecified atom stereocenters. The number of nitrogens with zero attached hydrogens (tertiary/aromatic N) is 4. The average molecular weight is 444 g/mol. The van der Waals surface area contributed by atoms with Crippen LogP contribution in [0.15, 0.2) is 36.5 Å². The second-order valence-corrected chi connectivity index (χ2v) is 10.3. The van der Waals surface area contributed by atoms with Crippen LogP contribution in [0.4, 0.5) is 5.69 Å². The van der Waals surface area contributed by atoms with Gasteiger partial charge in [-0.2, -0.15) is 5.10 Å². The van der Waals surface area contributed by atoms with Crippen LogP contribution >= 0.6 is 0 Å². The summed E-state index contributed by atoms with van der Waals surface area (Å²) in [5.74, 6) is 0.00401. The van der Waals surface area contributed by atoms with Gasteiger partial charge in [-0.1, -0.05) is 31.5 Å². The fourth-order valence-electron chi connectivity index (χ4n) is 3.52. The third kappa shape index (κ3) is 5.62. The predicted molar refractivity (Wildman–Crippen MR) is 128 cm³/mol. The van der Waals surface area contributed by atoms with Crippen molar-refractivity contribution in [3.8, 4) is 11.3 Å². The molecule has 0 fully saturated rings. The summed E-state index contributed by atoms with van der Waals surface area (Å²) in [6, 6.07) is 10.2. The first kappa shape index (κ1) is 23.2. The number of hydrogen-bond donors (Lipinski definition) is 1. The number of hydrogen-bond acceptors (Lipinski definition) is 5. The van der Waals surface area contributed by atoms with Gasteiger partial charge in [0.15, 0.2) is 5.65 Å². The molecule has 7 nitrogen and oxygen atoms in total. The molecule has 0 saturated heterocycles. The molecule has 0 aliphatic rings. The SMILES string of the molecule is CCCCN(C)Cc1cccc(-c2cc(NS(=O)(=O)CC)c3cnn(C(C)C)c3n2)c1. The predicted octanol–water partition coefficient (Wildman–Crippen LogP) is 4.67. The topological polar surface area (TPSA) is 80.1 Å². The fraction of sp³-hybridized carbons (Fsp3) is 0.478. The van der Waals surface area contributed by atoms with E-state index in [0.717, 1.165) is 24.3 Å². The summed E-state index contributed by atoms with van der Waals surface area (Å²) in [6.07, 6.45) is 4.03. The summed E-state index contributed by atoms with van der Waals surface area (Å²) < 4.78 is 29.1. The lowest BCUT2D eigenvalue weighted by Crippen LogP contribution is -2.18. The highest BCUT2D eigenvalue weighted by Crippen LogP contribution is 2.30. The Labute approximate surface area is 185 Å². The molecular weight excluding hydrogens is 410 g/mol. The maximum Gasteiger partial charge on any atom is 0.232 e. The van der Waals surface area contributed by atoms with Crippen LogP contribution in [0.5, 0.6) is 0 Å². The number of benzene rings is 1. The van der Waals surface area contributed by atoms with Crippen molar-refractivity contribution < 1.29 is 8.42 Å². The molecule has 0 atom stereocenters. The minimum Gasteiger partial charge on any atom is -0.302 e. The highest BCUT2D eigenvalue weighted by molar-refractivity contribution is 7.92. The lowest BCUT2D eigenvalue weighted by molar-refractivity contribution is 0.321. The van der Waals surface area contributed by atoms with Crippen LogP contribution in [0, 0.1) is 0 Å². The molecule has 168 valence electrons. The van der Waals surface area contributed by atoms with Crippen molar-refractivity contribution in [1.82, 2.24) is 19.7 Å². The van der Waals surface area contributed by atoms with Gasteiger partial charge in [0.2, 0.25) is 10.0 Å².